The van der Waals surface area contributed by atoms with Gasteiger partial charge in [-0.15, -0.1) is 5.11 Å². The first-order valence-corrected chi connectivity index (χ1v) is 6.44. The predicted molar refractivity (Wildman–Crippen MR) is 80.1 cm³/mol. The Balaban J connectivity index is 2.07. The molecule has 4 heteroatoms. The fourth-order valence-corrected chi connectivity index (χ4v) is 2.24. The van der Waals surface area contributed by atoms with E-state index in [1.807, 2.05) is 56.3 Å². The largest absolute Gasteiger partial charge is 0.493 e. The minimum atomic E-state index is 0.0469. The molecular weight excluding hydrogens is 250 g/mol. The van der Waals surface area contributed by atoms with E-state index in [-0.39, 0.29) is 5.88 Å². The molecule has 20 heavy (non-hydrogen) atoms. The Morgan fingerprint density at radius 2 is 1.80 bits per heavy atom. The average Bonchev–Trinajstić information content (AvgIpc) is 2.74. The molecule has 0 amide bonds. The van der Waals surface area contributed by atoms with Crippen LogP contribution in [0.4, 0.5) is 11.4 Å². The van der Waals surface area contributed by atoms with E-state index in [2.05, 4.69) is 15.2 Å². The van der Waals surface area contributed by atoms with Crippen LogP contribution < -0.4 is 0 Å². The van der Waals surface area contributed by atoms with Crippen LogP contribution in [0, 0.1) is 13.8 Å². The molecule has 4 nitrogen and oxygen atoms in total. The van der Waals surface area contributed by atoms with Gasteiger partial charge in [-0.1, -0.05) is 30.3 Å². The number of nitrogens with zero attached hydrogens (tertiary/aromatic N) is 2. The number of H-pyrrole nitrogens is 1. The molecular formula is C16H15N3O. The Bertz CT molecular complexity index is 803. The maximum atomic E-state index is 9.98. The van der Waals surface area contributed by atoms with Crippen molar-refractivity contribution in [3.8, 4) is 5.88 Å². The number of aromatic nitrogens is 1. The zero-order valence-electron chi connectivity index (χ0n) is 11.4. The number of nitrogens with one attached hydrogen (secondary N) is 1. The van der Waals surface area contributed by atoms with Crippen molar-refractivity contribution in [3.63, 3.8) is 0 Å². The van der Waals surface area contributed by atoms with Crippen molar-refractivity contribution in [3.05, 3.63) is 53.6 Å². The molecule has 1 aromatic heterocycles. The summed E-state index contributed by atoms with van der Waals surface area (Å²) >= 11 is 0. The quantitative estimate of drug-likeness (QED) is 0.636. The Hall–Kier alpha value is -2.62. The fourth-order valence-electron chi connectivity index (χ4n) is 2.24. The summed E-state index contributed by atoms with van der Waals surface area (Å²) in [6.07, 6.45) is 0. The third-order valence-electron chi connectivity index (χ3n) is 3.26. The molecule has 100 valence electrons. The molecule has 0 spiro atoms. The number of para-hydroxylation sites is 1. The minimum absolute atomic E-state index is 0.0469. The highest BCUT2D eigenvalue weighted by Crippen LogP contribution is 2.37. The zero-order valence-corrected chi connectivity index (χ0v) is 11.4. The molecule has 0 atom stereocenters. The summed E-state index contributed by atoms with van der Waals surface area (Å²) in [5.74, 6) is 0.0469. The van der Waals surface area contributed by atoms with Crippen molar-refractivity contribution in [2.75, 3.05) is 0 Å². The number of benzene rings is 2. The lowest BCUT2D eigenvalue weighted by molar-refractivity contribution is 0.459. The highest BCUT2D eigenvalue weighted by molar-refractivity contribution is 5.95. The van der Waals surface area contributed by atoms with Gasteiger partial charge >= 0.3 is 0 Å². The summed E-state index contributed by atoms with van der Waals surface area (Å²) in [5.41, 5.74) is 4.33. The molecule has 0 saturated carbocycles. The Labute approximate surface area is 116 Å². The normalized spacial score (nSPS) is 11.5. The summed E-state index contributed by atoms with van der Waals surface area (Å²) in [6, 6.07) is 13.6. The lowest BCUT2D eigenvalue weighted by Gasteiger charge is -1.95. The van der Waals surface area contributed by atoms with E-state index < -0.39 is 0 Å². The van der Waals surface area contributed by atoms with Gasteiger partial charge in [-0.2, -0.15) is 5.11 Å². The van der Waals surface area contributed by atoms with E-state index >= 15 is 0 Å². The molecule has 1 heterocycles. The first-order valence-electron chi connectivity index (χ1n) is 6.44. The number of hydrogen-bond acceptors (Lipinski definition) is 3. The van der Waals surface area contributed by atoms with Gasteiger partial charge in [0.25, 0.3) is 0 Å². The molecule has 0 radical (unpaired) electrons. The van der Waals surface area contributed by atoms with Gasteiger partial charge in [0.2, 0.25) is 5.88 Å². The summed E-state index contributed by atoms with van der Waals surface area (Å²) in [7, 11) is 0. The number of azo groups is 1. The second-order valence-corrected chi connectivity index (χ2v) is 4.86. The van der Waals surface area contributed by atoms with Crippen molar-refractivity contribution in [2.45, 2.75) is 13.8 Å². The molecule has 0 unspecified atom stereocenters. The Morgan fingerprint density at radius 1 is 1.00 bits per heavy atom. The highest BCUT2D eigenvalue weighted by Gasteiger charge is 2.11. The molecule has 3 aromatic rings. The third-order valence-corrected chi connectivity index (χ3v) is 3.26. The standard InChI is InChI=1S/C16H15N3O/c1-10-5-3-7-12(9-10)18-19-15-13-8-4-6-11(2)14(13)17-16(15)20/h3-9,17,20H,1-2H3. The van der Waals surface area contributed by atoms with Gasteiger partial charge in [0.05, 0.1) is 11.2 Å². The molecule has 0 bridgehead atoms. The van der Waals surface area contributed by atoms with E-state index in [1.165, 1.54) is 0 Å². The van der Waals surface area contributed by atoms with Crippen LogP contribution in [-0.4, -0.2) is 10.1 Å². The third kappa shape index (κ3) is 2.16. The van der Waals surface area contributed by atoms with E-state index in [0.717, 1.165) is 27.7 Å². The average molecular weight is 265 g/mol. The van der Waals surface area contributed by atoms with Gasteiger partial charge in [0, 0.05) is 5.39 Å². The first kappa shape index (κ1) is 12.4. The van der Waals surface area contributed by atoms with Crippen molar-refractivity contribution < 1.29 is 5.11 Å². The second kappa shape index (κ2) is 4.81. The van der Waals surface area contributed by atoms with Gasteiger partial charge in [-0.3, -0.25) is 0 Å². The van der Waals surface area contributed by atoms with Crippen molar-refractivity contribution in [1.29, 1.82) is 0 Å². The monoisotopic (exact) mass is 265 g/mol. The SMILES string of the molecule is Cc1cccc(N=Nc2c(O)[nH]c3c(C)cccc23)c1. The first-order chi connectivity index (χ1) is 9.65. The number of aromatic amines is 1. The second-order valence-electron chi connectivity index (χ2n) is 4.86. The lowest BCUT2D eigenvalue weighted by atomic mass is 10.1. The highest BCUT2D eigenvalue weighted by atomic mass is 16.3. The van der Waals surface area contributed by atoms with Gasteiger partial charge in [-0.25, -0.2) is 0 Å². The maximum absolute atomic E-state index is 9.98. The van der Waals surface area contributed by atoms with Crippen LogP contribution >= 0.6 is 0 Å². The van der Waals surface area contributed by atoms with E-state index in [9.17, 15) is 5.11 Å². The maximum Gasteiger partial charge on any atom is 0.218 e. The van der Waals surface area contributed by atoms with Crippen LogP contribution in [-0.2, 0) is 0 Å². The van der Waals surface area contributed by atoms with Gasteiger partial charge in [0.1, 0.15) is 0 Å². The minimum Gasteiger partial charge on any atom is -0.493 e. The van der Waals surface area contributed by atoms with Crippen LogP contribution in [0.15, 0.2) is 52.7 Å². The molecule has 0 saturated heterocycles. The van der Waals surface area contributed by atoms with E-state index in [4.69, 9.17) is 0 Å². The molecule has 2 aromatic carbocycles. The molecule has 0 fully saturated rings. The summed E-state index contributed by atoms with van der Waals surface area (Å²) in [5, 5.41) is 19.2. The number of aromatic hydroxyl groups is 1. The molecule has 0 aliphatic carbocycles. The van der Waals surface area contributed by atoms with Crippen LogP contribution in [0.5, 0.6) is 5.88 Å². The smallest absolute Gasteiger partial charge is 0.218 e. The Morgan fingerprint density at radius 3 is 2.60 bits per heavy atom. The molecule has 3 rings (SSSR count). The summed E-state index contributed by atoms with van der Waals surface area (Å²) in [4.78, 5) is 2.94. The van der Waals surface area contributed by atoms with E-state index in [0.29, 0.717) is 5.69 Å². The zero-order chi connectivity index (χ0) is 14.1. The van der Waals surface area contributed by atoms with Crippen molar-refractivity contribution in [2.24, 2.45) is 10.2 Å². The molecule has 0 aliphatic heterocycles. The van der Waals surface area contributed by atoms with Gasteiger partial charge in [-0.05, 0) is 37.1 Å². The summed E-state index contributed by atoms with van der Waals surface area (Å²) in [6.45, 7) is 3.99. The molecule has 2 N–H and O–H groups in total. The van der Waals surface area contributed by atoms with Gasteiger partial charge in [0.15, 0.2) is 5.69 Å². The van der Waals surface area contributed by atoms with Crippen LogP contribution in [0.2, 0.25) is 0 Å². The van der Waals surface area contributed by atoms with Crippen molar-refractivity contribution >= 4 is 22.3 Å². The number of rotatable bonds is 2. The number of fused-ring (bicyclic) bond motifs is 1. The van der Waals surface area contributed by atoms with Gasteiger partial charge < -0.3 is 10.1 Å². The lowest BCUT2D eigenvalue weighted by Crippen LogP contribution is -1.73. The van der Waals surface area contributed by atoms with Crippen molar-refractivity contribution in [1.82, 2.24) is 4.98 Å². The predicted octanol–water partition coefficient (Wildman–Crippen LogP) is 4.91. The van der Waals surface area contributed by atoms with E-state index in [1.54, 1.807) is 0 Å². The summed E-state index contributed by atoms with van der Waals surface area (Å²) < 4.78 is 0. The topological polar surface area (TPSA) is 60.7 Å². The van der Waals surface area contributed by atoms with Crippen LogP contribution in [0.25, 0.3) is 10.9 Å². The van der Waals surface area contributed by atoms with Crippen LogP contribution in [0.1, 0.15) is 11.1 Å². The molecule has 0 aliphatic rings. The number of hydrogen-bond donors (Lipinski definition) is 2. The Kier molecular flexibility index (Phi) is 2.99. The van der Waals surface area contributed by atoms with Crippen LogP contribution in [0.3, 0.4) is 0 Å². The number of aryl methyl sites for hydroxylation is 2. The fraction of sp³-hybridized carbons (Fsp3) is 0.125.